The minimum Gasteiger partial charge on any atom is -0.361 e. The van der Waals surface area contributed by atoms with Crippen molar-refractivity contribution >= 4 is 22.2 Å². The number of hydrogen-bond donors (Lipinski definition) is 2. The van der Waals surface area contributed by atoms with Gasteiger partial charge >= 0.3 is 0 Å². The van der Waals surface area contributed by atoms with Crippen molar-refractivity contribution < 1.29 is 0 Å². The topological polar surface area (TPSA) is 40.7 Å². The molecule has 2 heterocycles. The Kier molecular flexibility index (Phi) is 3.13. The van der Waals surface area contributed by atoms with Crippen molar-refractivity contribution in [3.8, 4) is 0 Å². The molecule has 0 saturated heterocycles. The van der Waals surface area contributed by atoms with Gasteiger partial charge in [0.1, 0.15) is 0 Å². The smallest absolute Gasteiger partial charge is 0.0897 e. The Morgan fingerprint density at radius 3 is 3.06 bits per heavy atom. The molecular weight excluding hydrogens is 242 g/mol. The van der Waals surface area contributed by atoms with Gasteiger partial charge in [-0.3, -0.25) is 0 Å². The summed E-state index contributed by atoms with van der Waals surface area (Å²) in [7, 11) is 0. The fraction of sp³-hybridized carbons (Fsp3) is 0.214. The highest BCUT2D eigenvalue weighted by atomic mass is 32.1. The molecule has 0 atom stereocenters. The third kappa shape index (κ3) is 2.44. The quantitative estimate of drug-likeness (QED) is 0.753. The van der Waals surface area contributed by atoms with Crippen molar-refractivity contribution in [3.63, 3.8) is 0 Å². The largest absolute Gasteiger partial charge is 0.361 e. The first-order valence-electron chi connectivity index (χ1n) is 5.99. The van der Waals surface area contributed by atoms with Crippen LogP contribution in [0.1, 0.15) is 16.3 Å². The van der Waals surface area contributed by atoms with Gasteiger partial charge in [-0.1, -0.05) is 6.07 Å². The first kappa shape index (κ1) is 11.4. The van der Waals surface area contributed by atoms with Crippen LogP contribution in [0.4, 0.5) is 0 Å². The highest BCUT2D eigenvalue weighted by Crippen LogP contribution is 2.14. The summed E-state index contributed by atoms with van der Waals surface area (Å²) in [4.78, 5) is 7.64. The second-order valence-corrected chi connectivity index (χ2v) is 5.42. The molecule has 0 aliphatic rings. The number of rotatable bonds is 4. The zero-order valence-corrected chi connectivity index (χ0v) is 11.1. The number of H-pyrrole nitrogens is 1. The Balaban J connectivity index is 1.62. The maximum atomic E-state index is 4.43. The number of aryl methyl sites for hydroxylation is 1. The SMILES string of the molecule is Cc1nc(CNCc2ccc3[nH]ccc3c2)cs1. The second kappa shape index (κ2) is 4.92. The van der Waals surface area contributed by atoms with Crippen molar-refractivity contribution in [2.24, 2.45) is 0 Å². The summed E-state index contributed by atoms with van der Waals surface area (Å²) in [6.07, 6.45) is 1.97. The molecule has 0 aliphatic carbocycles. The van der Waals surface area contributed by atoms with E-state index in [1.54, 1.807) is 11.3 Å². The molecule has 18 heavy (non-hydrogen) atoms. The van der Waals surface area contributed by atoms with Crippen LogP contribution in [0.25, 0.3) is 10.9 Å². The lowest BCUT2D eigenvalue weighted by molar-refractivity contribution is 0.682. The van der Waals surface area contributed by atoms with Gasteiger partial charge in [0.2, 0.25) is 0 Å². The summed E-state index contributed by atoms with van der Waals surface area (Å²) < 4.78 is 0. The lowest BCUT2D eigenvalue weighted by Gasteiger charge is -2.03. The lowest BCUT2D eigenvalue weighted by Crippen LogP contribution is -2.12. The van der Waals surface area contributed by atoms with Crippen LogP contribution >= 0.6 is 11.3 Å². The van der Waals surface area contributed by atoms with Crippen molar-refractivity contribution in [1.29, 1.82) is 0 Å². The summed E-state index contributed by atoms with van der Waals surface area (Å²) >= 11 is 1.70. The highest BCUT2D eigenvalue weighted by molar-refractivity contribution is 7.09. The Labute approximate surface area is 110 Å². The van der Waals surface area contributed by atoms with Crippen LogP contribution < -0.4 is 5.32 Å². The summed E-state index contributed by atoms with van der Waals surface area (Å²) in [5.41, 5.74) is 3.61. The monoisotopic (exact) mass is 257 g/mol. The number of aromatic nitrogens is 2. The zero-order valence-electron chi connectivity index (χ0n) is 10.2. The van der Waals surface area contributed by atoms with E-state index >= 15 is 0 Å². The Morgan fingerprint density at radius 2 is 2.22 bits per heavy atom. The van der Waals surface area contributed by atoms with E-state index in [1.807, 2.05) is 13.1 Å². The molecule has 4 heteroatoms. The molecular formula is C14H15N3S. The number of fused-ring (bicyclic) bond motifs is 1. The predicted molar refractivity (Wildman–Crippen MR) is 75.7 cm³/mol. The number of nitrogens with zero attached hydrogens (tertiary/aromatic N) is 1. The molecule has 2 aromatic heterocycles. The number of benzene rings is 1. The van der Waals surface area contributed by atoms with Gasteiger partial charge in [-0.05, 0) is 36.1 Å². The molecule has 2 N–H and O–H groups in total. The number of nitrogens with one attached hydrogen (secondary N) is 2. The fourth-order valence-corrected chi connectivity index (χ4v) is 2.65. The van der Waals surface area contributed by atoms with E-state index in [0.717, 1.165) is 23.8 Å². The van der Waals surface area contributed by atoms with Crippen LogP contribution in [0.15, 0.2) is 35.8 Å². The van der Waals surface area contributed by atoms with Gasteiger partial charge in [0, 0.05) is 30.2 Å². The van der Waals surface area contributed by atoms with Crippen molar-refractivity contribution in [2.45, 2.75) is 20.0 Å². The maximum absolute atomic E-state index is 4.43. The van der Waals surface area contributed by atoms with Gasteiger partial charge in [0.25, 0.3) is 0 Å². The van der Waals surface area contributed by atoms with E-state index in [-0.39, 0.29) is 0 Å². The van der Waals surface area contributed by atoms with E-state index in [2.05, 4.69) is 44.9 Å². The summed E-state index contributed by atoms with van der Waals surface area (Å²) in [6, 6.07) is 8.59. The van der Waals surface area contributed by atoms with Crippen LogP contribution in [0, 0.1) is 6.92 Å². The molecule has 3 aromatic rings. The number of aromatic amines is 1. The van der Waals surface area contributed by atoms with Crippen LogP contribution in [0.3, 0.4) is 0 Å². The first-order valence-corrected chi connectivity index (χ1v) is 6.87. The minimum atomic E-state index is 0.829. The number of thiazole rings is 1. The molecule has 0 spiro atoms. The van der Waals surface area contributed by atoms with E-state index in [9.17, 15) is 0 Å². The molecule has 0 radical (unpaired) electrons. The number of hydrogen-bond acceptors (Lipinski definition) is 3. The fourth-order valence-electron chi connectivity index (χ4n) is 2.04. The molecule has 1 aromatic carbocycles. The Morgan fingerprint density at radius 1 is 1.28 bits per heavy atom. The third-order valence-electron chi connectivity index (χ3n) is 2.92. The predicted octanol–water partition coefficient (Wildman–Crippen LogP) is 3.22. The second-order valence-electron chi connectivity index (χ2n) is 4.36. The molecule has 0 aliphatic heterocycles. The molecule has 0 bridgehead atoms. The van der Waals surface area contributed by atoms with Gasteiger partial charge < -0.3 is 10.3 Å². The average Bonchev–Trinajstić information content (AvgIpc) is 2.97. The molecule has 0 amide bonds. The first-order chi connectivity index (χ1) is 8.81. The van der Waals surface area contributed by atoms with E-state index < -0.39 is 0 Å². The molecule has 92 valence electrons. The van der Waals surface area contributed by atoms with Crippen molar-refractivity contribution in [1.82, 2.24) is 15.3 Å². The summed E-state index contributed by atoms with van der Waals surface area (Å²) in [5.74, 6) is 0. The maximum Gasteiger partial charge on any atom is 0.0897 e. The van der Waals surface area contributed by atoms with Gasteiger partial charge in [0.15, 0.2) is 0 Å². The average molecular weight is 257 g/mol. The molecule has 3 rings (SSSR count). The third-order valence-corrected chi connectivity index (χ3v) is 3.74. The summed E-state index contributed by atoms with van der Waals surface area (Å²) in [6.45, 7) is 3.74. The molecule has 0 unspecified atom stereocenters. The molecule has 0 saturated carbocycles. The lowest BCUT2D eigenvalue weighted by atomic mass is 10.1. The van der Waals surface area contributed by atoms with Gasteiger partial charge in [-0.15, -0.1) is 11.3 Å². The van der Waals surface area contributed by atoms with Crippen LogP contribution in [0.2, 0.25) is 0 Å². The molecule has 3 nitrogen and oxygen atoms in total. The molecule has 0 fully saturated rings. The van der Waals surface area contributed by atoms with Crippen molar-refractivity contribution in [3.05, 3.63) is 52.1 Å². The van der Waals surface area contributed by atoms with Gasteiger partial charge in [0.05, 0.1) is 10.7 Å². The van der Waals surface area contributed by atoms with E-state index in [4.69, 9.17) is 0 Å². The van der Waals surface area contributed by atoms with E-state index in [0.29, 0.717) is 0 Å². The standard InChI is InChI=1S/C14H15N3S/c1-10-17-13(9-18-10)8-15-7-11-2-3-14-12(6-11)4-5-16-14/h2-6,9,15-16H,7-8H2,1H3. The van der Waals surface area contributed by atoms with Crippen molar-refractivity contribution in [2.75, 3.05) is 0 Å². The van der Waals surface area contributed by atoms with Crippen LogP contribution in [-0.2, 0) is 13.1 Å². The van der Waals surface area contributed by atoms with Gasteiger partial charge in [-0.25, -0.2) is 4.98 Å². The zero-order chi connectivity index (χ0) is 12.4. The Hall–Kier alpha value is -1.65. The Bertz CT molecular complexity index is 654. The van der Waals surface area contributed by atoms with Gasteiger partial charge in [-0.2, -0.15) is 0 Å². The van der Waals surface area contributed by atoms with E-state index in [1.165, 1.54) is 16.5 Å². The van der Waals surface area contributed by atoms with Crippen LogP contribution in [0.5, 0.6) is 0 Å². The normalized spacial score (nSPS) is 11.2. The minimum absolute atomic E-state index is 0.829. The highest BCUT2D eigenvalue weighted by Gasteiger charge is 1.99. The summed E-state index contributed by atoms with van der Waals surface area (Å²) in [5, 5.41) is 7.92. The van der Waals surface area contributed by atoms with Crippen LogP contribution in [-0.4, -0.2) is 9.97 Å².